The zero-order valence-corrected chi connectivity index (χ0v) is 15.3. The van der Waals surface area contributed by atoms with E-state index in [2.05, 4.69) is 9.88 Å². The van der Waals surface area contributed by atoms with Crippen LogP contribution in [0.15, 0.2) is 42.7 Å². The molecule has 0 spiro atoms. The van der Waals surface area contributed by atoms with Crippen molar-refractivity contribution in [1.29, 1.82) is 0 Å². The van der Waals surface area contributed by atoms with E-state index in [0.29, 0.717) is 18.7 Å². The molecule has 1 aliphatic rings. The highest BCUT2D eigenvalue weighted by atomic mass is 19.1. The van der Waals surface area contributed by atoms with E-state index in [4.69, 9.17) is 4.74 Å². The third-order valence-corrected chi connectivity index (χ3v) is 4.87. The van der Waals surface area contributed by atoms with Gasteiger partial charge in [0, 0.05) is 50.2 Å². The third-order valence-electron chi connectivity index (χ3n) is 4.87. The molecule has 7 heteroatoms. The molecule has 2 aromatic rings. The van der Waals surface area contributed by atoms with Gasteiger partial charge < -0.3 is 9.84 Å². The fourth-order valence-electron chi connectivity index (χ4n) is 3.55. The van der Waals surface area contributed by atoms with Crippen LogP contribution < -0.4 is 4.74 Å². The minimum atomic E-state index is -0.956. The summed E-state index contributed by atoms with van der Waals surface area (Å²) >= 11 is 0. The molecule has 0 radical (unpaired) electrons. The van der Waals surface area contributed by atoms with E-state index >= 15 is 0 Å². The molecule has 3 rings (SSSR count). The number of hydrogen-bond acceptors (Lipinski definition) is 5. The van der Waals surface area contributed by atoms with E-state index < -0.39 is 17.8 Å². The number of hydrogen-bond donors (Lipinski definition) is 1. The van der Waals surface area contributed by atoms with Crippen LogP contribution in [0.1, 0.15) is 23.6 Å². The number of pyridine rings is 1. The molecule has 0 saturated carbocycles. The van der Waals surface area contributed by atoms with Gasteiger partial charge in [0.15, 0.2) is 0 Å². The summed E-state index contributed by atoms with van der Waals surface area (Å²) in [6.45, 7) is 3.74. The molecule has 27 heavy (non-hydrogen) atoms. The highest BCUT2D eigenvalue weighted by Crippen LogP contribution is 2.31. The first-order chi connectivity index (χ1) is 13.1. The fraction of sp³-hybridized carbons (Fsp3) is 0.400. The van der Waals surface area contributed by atoms with Crippen LogP contribution in [-0.4, -0.2) is 59.1 Å². The summed E-state index contributed by atoms with van der Waals surface area (Å²) in [4.78, 5) is 20.3. The monoisotopic (exact) mass is 373 g/mol. The van der Waals surface area contributed by atoms with Gasteiger partial charge in [-0.1, -0.05) is 6.07 Å². The van der Waals surface area contributed by atoms with Gasteiger partial charge in [0.1, 0.15) is 17.6 Å². The molecule has 1 aromatic carbocycles. The van der Waals surface area contributed by atoms with Gasteiger partial charge in [0.2, 0.25) is 0 Å². The second-order valence-corrected chi connectivity index (χ2v) is 6.65. The van der Waals surface area contributed by atoms with E-state index in [0.717, 1.165) is 26.1 Å². The summed E-state index contributed by atoms with van der Waals surface area (Å²) < 4.78 is 18.7. The average molecular weight is 373 g/mol. The van der Waals surface area contributed by atoms with E-state index in [1.54, 1.807) is 12.4 Å². The second kappa shape index (κ2) is 8.92. The third kappa shape index (κ3) is 4.81. The highest BCUT2D eigenvalue weighted by Gasteiger charge is 2.31. The van der Waals surface area contributed by atoms with Gasteiger partial charge in [-0.3, -0.25) is 19.6 Å². The molecule has 1 N–H and O–H groups in total. The summed E-state index contributed by atoms with van der Waals surface area (Å²) in [5.41, 5.74) is 1.67. The molecular weight excluding hydrogens is 349 g/mol. The Morgan fingerprint density at radius 2 is 2.00 bits per heavy atom. The maximum Gasteiger partial charge on any atom is 0.325 e. The van der Waals surface area contributed by atoms with Crippen LogP contribution in [0.5, 0.6) is 5.75 Å². The van der Waals surface area contributed by atoms with Gasteiger partial charge in [-0.05, 0) is 36.7 Å². The number of nitrogens with zero attached hydrogens (tertiary/aromatic N) is 3. The Kier molecular flexibility index (Phi) is 6.36. The molecule has 1 aromatic heterocycles. The smallest absolute Gasteiger partial charge is 0.325 e. The molecular formula is C20H24FN3O3. The van der Waals surface area contributed by atoms with Gasteiger partial charge in [0.05, 0.1) is 7.11 Å². The summed E-state index contributed by atoms with van der Waals surface area (Å²) in [6, 6.07) is 7.15. The Bertz CT molecular complexity index is 772. The summed E-state index contributed by atoms with van der Waals surface area (Å²) in [5.74, 6) is -1.14. The Balaban J connectivity index is 1.74. The van der Waals surface area contributed by atoms with Crippen LogP contribution >= 0.6 is 0 Å². The first kappa shape index (κ1) is 19.3. The van der Waals surface area contributed by atoms with Gasteiger partial charge in [0.25, 0.3) is 0 Å². The predicted molar refractivity (Wildman–Crippen MR) is 99.0 cm³/mol. The van der Waals surface area contributed by atoms with Crippen molar-refractivity contribution in [2.75, 3.05) is 33.3 Å². The molecule has 2 heterocycles. The molecule has 1 saturated heterocycles. The standard InChI is InChI=1S/C20H24FN3O3/c1-27-18-13-16(21)3-4-17(18)19(20(25)26)24-10-2-9-23(11-12-24)14-15-5-7-22-8-6-15/h3-8,13,19H,2,9-12,14H2,1H3,(H,25,26). The van der Waals surface area contributed by atoms with Crippen molar-refractivity contribution in [1.82, 2.24) is 14.8 Å². The summed E-state index contributed by atoms with van der Waals surface area (Å²) in [6.07, 6.45) is 4.42. The number of carboxylic acid groups (broad SMARTS) is 1. The number of aliphatic carboxylic acids is 1. The molecule has 0 aliphatic carbocycles. The Hall–Kier alpha value is -2.51. The SMILES string of the molecule is COc1cc(F)ccc1C(C(=O)O)N1CCCN(Cc2ccncc2)CC1. The molecule has 1 atom stereocenters. The Morgan fingerprint density at radius 1 is 1.22 bits per heavy atom. The molecule has 0 amide bonds. The number of carbonyl (C=O) groups is 1. The number of methoxy groups -OCH3 is 1. The number of carboxylic acids is 1. The minimum Gasteiger partial charge on any atom is -0.496 e. The Labute approximate surface area is 158 Å². The van der Waals surface area contributed by atoms with Crippen molar-refractivity contribution >= 4 is 5.97 Å². The zero-order chi connectivity index (χ0) is 19.2. The van der Waals surface area contributed by atoms with E-state index in [-0.39, 0.29) is 5.75 Å². The van der Waals surface area contributed by atoms with Crippen molar-refractivity contribution in [3.05, 3.63) is 59.7 Å². The highest BCUT2D eigenvalue weighted by molar-refractivity contribution is 5.76. The van der Waals surface area contributed by atoms with Gasteiger partial charge >= 0.3 is 5.97 Å². The van der Waals surface area contributed by atoms with Gasteiger partial charge in [-0.2, -0.15) is 0 Å². The topological polar surface area (TPSA) is 65.9 Å². The van der Waals surface area contributed by atoms with Crippen molar-refractivity contribution < 1.29 is 19.0 Å². The lowest BCUT2D eigenvalue weighted by Crippen LogP contribution is -2.37. The molecule has 0 bridgehead atoms. The lowest BCUT2D eigenvalue weighted by Gasteiger charge is -2.29. The predicted octanol–water partition coefficient (Wildman–Crippen LogP) is 2.56. The number of aromatic nitrogens is 1. The number of benzene rings is 1. The van der Waals surface area contributed by atoms with Crippen molar-refractivity contribution in [3.8, 4) is 5.75 Å². The second-order valence-electron chi connectivity index (χ2n) is 6.65. The van der Waals surface area contributed by atoms with Crippen LogP contribution in [0.2, 0.25) is 0 Å². The number of rotatable bonds is 6. The quantitative estimate of drug-likeness (QED) is 0.840. The van der Waals surface area contributed by atoms with Gasteiger partial charge in [-0.15, -0.1) is 0 Å². The molecule has 144 valence electrons. The van der Waals surface area contributed by atoms with Crippen LogP contribution in [0.25, 0.3) is 0 Å². The van der Waals surface area contributed by atoms with Crippen molar-refractivity contribution in [3.63, 3.8) is 0 Å². The summed E-state index contributed by atoms with van der Waals surface area (Å²) in [7, 11) is 1.43. The first-order valence-electron chi connectivity index (χ1n) is 9.00. The zero-order valence-electron chi connectivity index (χ0n) is 15.3. The minimum absolute atomic E-state index is 0.264. The molecule has 1 unspecified atom stereocenters. The molecule has 6 nitrogen and oxygen atoms in total. The van der Waals surface area contributed by atoms with Crippen molar-refractivity contribution in [2.24, 2.45) is 0 Å². The fourth-order valence-corrected chi connectivity index (χ4v) is 3.55. The normalized spacial score (nSPS) is 17.3. The van der Waals surface area contributed by atoms with Crippen LogP contribution in [0, 0.1) is 5.82 Å². The molecule has 1 fully saturated rings. The number of ether oxygens (including phenoxy) is 1. The lowest BCUT2D eigenvalue weighted by atomic mass is 10.0. The van der Waals surface area contributed by atoms with Crippen LogP contribution in [0.4, 0.5) is 4.39 Å². The Morgan fingerprint density at radius 3 is 2.70 bits per heavy atom. The largest absolute Gasteiger partial charge is 0.496 e. The maximum absolute atomic E-state index is 13.5. The van der Waals surface area contributed by atoms with Crippen molar-refractivity contribution in [2.45, 2.75) is 19.0 Å². The summed E-state index contributed by atoms with van der Waals surface area (Å²) in [5, 5.41) is 9.85. The maximum atomic E-state index is 13.5. The van der Waals surface area contributed by atoms with Crippen LogP contribution in [-0.2, 0) is 11.3 Å². The lowest BCUT2D eigenvalue weighted by molar-refractivity contribution is -0.143. The van der Waals surface area contributed by atoms with E-state index in [1.165, 1.54) is 30.9 Å². The number of halogens is 1. The van der Waals surface area contributed by atoms with Gasteiger partial charge in [-0.25, -0.2) is 4.39 Å². The molecule has 1 aliphatic heterocycles. The van der Waals surface area contributed by atoms with E-state index in [9.17, 15) is 14.3 Å². The first-order valence-corrected chi connectivity index (χ1v) is 9.00. The van der Waals surface area contributed by atoms with E-state index in [1.807, 2.05) is 17.0 Å². The average Bonchev–Trinajstić information content (AvgIpc) is 2.89. The van der Waals surface area contributed by atoms with Crippen LogP contribution in [0.3, 0.4) is 0 Å².